The van der Waals surface area contributed by atoms with E-state index in [1.54, 1.807) is 0 Å². The number of esters is 1. The highest BCUT2D eigenvalue weighted by molar-refractivity contribution is 6.31. The smallest absolute Gasteiger partial charge is 0.339 e. The van der Waals surface area contributed by atoms with Crippen LogP contribution >= 0.6 is 11.6 Å². The van der Waals surface area contributed by atoms with E-state index in [-0.39, 0.29) is 22.0 Å². The van der Waals surface area contributed by atoms with Crippen LogP contribution in [0.1, 0.15) is 15.9 Å². The minimum absolute atomic E-state index is 0.0676. The van der Waals surface area contributed by atoms with Crippen molar-refractivity contribution in [3.63, 3.8) is 0 Å². The third kappa shape index (κ3) is 4.40. The molecule has 7 nitrogen and oxygen atoms in total. The lowest BCUT2D eigenvalue weighted by molar-refractivity contribution is -0.384. The Hall–Kier alpha value is -3.19. The molecule has 122 valence electrons. The maximum absolute atomic E-state index is 11.8. The summed E-state index contributed by atoms with van der Waals surface area (Å²) < 4.78 is 4.97. The second-order valence-electron chi connectivity index (χ2n) is 4.55. The molecule has 0 heterocycles. The van der Waals surface area contributed by atoms with Crippen molar-refractivity contribution in [3.05, 3.63) is 74.8 Å². The van der Waals surface area contributed by atoms with Crippen molar-refractivity contribution < 1.29 is 24.4 Å². The van der Waals surface area contributed by atoms with E-state index in [4.69, 9.17) is 21.4 Å². The van der Waals surface area contributed by atoms with Gasteiger partial charge in [-0.05, 0) is 42.0 Å². The topological polar surface area (TPSA) is 107 Å². The molecule has 0 bridgehead atoms. The van der Waals surface area contributed by atoms with Crippen LogP contribution < -0.4 is 4.74 Å². The molecule has 0 radical (unpaired) electrons. The largest absolute Gasteiger partial charge is 0.478 e. The average Bonchev–Trinajstić information content (AvgIpc) is 2.54. The zero-order chi connectivity index (χ0) is 17.7. The van der Waals surface area contributed by atoms with Crippen LogP contribution in [0.25, 0.3) is 6.08 Å². The summed E-state index contributed by atoms with van der Waals surface area (Å²) in [6.45, 7) is 0. The van der Waals surface area contributed by atoms with E-state index in [9.17, 15) is 19.7 Å². The van der Waals surface area contributed by atoms with Crippen LogP contribution in [0.15, 0.2) is 48.5 Å². The molecule has 24 heavy (non-hydrogen) atoms. The fourth-order valence-electron chi connectivity index (χ4n) is 1.77. The molecule has 0 aromatic heterocycles. The number of carbonyl (C=O) groups is 2. The van der Waals surface area contributed by atoms with Crippen LogP contribution in [0, 0.1) is 10.1 Å². The minimum atomic E-state index is -1.28. The summed E-state index contributed by atoms with van der Waals surface area (Å²) in [7, 11) is 0. The number of hydrogen-bond acceptors (Lipinski definition) is 5. The number of nitro groups is 1. The van der Waals surface area contributed by atoms with Gasteiger partial charge in [-0.15, -0.1) is 0 Å². The maximum Gasteiger partial charge on any atom is 0.339 e. The van der Waals surface area contributed by atoms with Crippen LogP contribution in [-0.2, 0) is 4.79 Å². The van der Waals surface area contributed by atoms with Gasteiger partial charge in [0.25, 0.3) is 5.69 Å². The molecule has 8 heteroatoms. The first kappa shape index (κ1) is 17.2. The summed E-state index contributed by atoms with van der Waals surface area (Å²) in [5, 5.41) is 19.8. The predicted molar refractivity (Wildman–Crippen MR) is 86.2 cm³/mol. The van der Waals surface area contributed by atoms with E-state index < -0.39 is 16.9 Å². The Morgan fingerprint density at radius 2 is 1.83 bits per heavy atom. The molecule has 0 aliphatic rings. The second-order valence-corrected chi connectivity index (χ2v) is 4.99. The first-order valence-electron chi connectivity index (χ1n) is 6.54. The highest BCUT2D eigenvalue weighted by atomic mass is 35.5. The van der Waals surface area contributed by atoms with E-state index in [0.717, 1.165) is 6.08 Å². The quantitative estimate of drug-likeness (QED) is 0.291. The van der Waals surface area contributed by atoms with E-state index in [2.05, 4.69) is 0 Å². The van der Waals surface area contributed by atoms with Crippen LogP contribution in [0.4, 0.5) is 5.69 Å². The summed E-state index contributed by atoms with van der Waals surface area (Å²) in [6, 6.07) is 9.38. The number of non-ortho nitro benzene ring substituents is 1. The molecule has 0 saturated carbocycles. The second kappa shape index (κ2) is 7.38. The molecule has 2 aromatic carbocycles. The van der Waals surface area contributed by atoms with Crippen LogP contribution in [0.5, 0.6) is 5.75 Å². The van der Waals surface area contributed by atoms with Gasteiger partial charge in [0.15, 0.2) is 0 Å². The minimum Gasteiger partial charge on any atom is -0.478 e. The van der Waals surface area contributed by atoms with Gasteiger partial charge in [0.2, 0.25) is 0 Å². The van der Waals surface area contributed by atoms with Gasteiger partial charge < -0.3 is 9.84 Å². The fourth-order valence-corrected chi connectivity index (χ4v) is 1.94. The number of nitrogens with zero attached hydrogens (tertiary/aromatic N) is 1. The summed E-state index contributed by atoms with van der Waals surface area (Å²) >= 11 is 5.71. The van der Waals surface area contributed by atoms with Gasteiger partial charge in [0.05, 0.1) is 4.92 Å². The first-order chi connectivity index (χ1) is 11.4. The lowest BCUT2D eigenvalue weighted by Crippen LogP contribution is -2.08. The molecule has 2 rings (SSSR count). The van der Waals surface area contributed by atoms with Crippen LogP contribution in [0.3, 0.4) is 0 Å². The molecule has 2 aromatic rings. The lowest BCUT2D eigenvalue weighted by atomic mass is 10.2. The van der Waals surface area contributed by atoms with Crippen molar-refractivity contribution in [2.75, 3.05) is 0 Å². The van der Waals surface area contributed by atoms with E-state index in [1.165, 1.54) is 48.5 Å². The van der Waals surface area contributed by atoms with Gasteiger partial charge in [-0.2, -0.15) is 0 Å². The van der Waals surface area contributed by atoms with Gasteiger partial charge >= 0.3 is 11.9 Å². The molecule has 0 amide bonds. The monoisotopic (exact) mass is 347 g/mol. The molecule has 0 saturated heterocycles. The highest BCUT2D eigenvalue weighted by Gasteiger charge is 2.14. The van der Waals surface area contributed by atoms with Gasteiger partial charge in [-0.3, -0.25) is 10.1 Å². The average molecular weight is 348 g/mol. The van der Waals surface area contributed by atoms with Crippen molar-refractivity contribution in [2.24, 2.45) is 0 Å². The number of carbonyl (C=O) groups excluding carboxylic acids is 1. The number of benzene rings is 2. The van der Waals surface area contributed by atoms with Crippen molar-refractivity contribution in [1.82, 2.24) is 0 Å². The number of halogens is 1. The molecule has 0 atom stereocenters. The molecule has 0 aliphatic heterocycles. The Morgan fingerprint density at radius 1 is 1.17 bits per heavy atom. The highest BCUT2D eigenvalue weighted by Crippen LogP contribution is 2.23. The standard InChI is InChI=1S/C16H10ClNO6/c17-11-4-7-14(13(9-11)16(20)21)24-15(19)8-3-10-1-5-12(6-2-10)18(22)23/h1-9H,(H,20,21)/b8-3+. The molecule has 0 unspecified atom stereocenters. The van der Waals surface area contributed by atoms with Gasteiger partial charge in [-0.1, -0.05) is 11.6 Å². The molecule has 1 N–H and O–H groups in total. The summed E-state index contributed by atoms with van der Waals surface area (Å²) in [6.07, 6.45) is 2.48. The maximum atomic E-state index is 11.8. The normalized spacial score (nSPS) is 10.5. The summed E-state index contributed by atoms with van der Waals surface area (Å²) in [5.41, 5.74) is 0.244. The number of nitro benzene ring substituents is 1. The zero-order valence-corrected chi connectivity index (χ0v) is 12.8. The molecule has 0 fully saturated rings. The van der Waals surface area contributed by atoms with E-state index >= 15 is 0 Å². The Bertz CT molecular complexity index is 829. The number of ether oxygens (including phenoxy) is 1. The Kier molecular flexibility index (Phi) is 5.28. The van der Waals surface area contributed by atoms with E-state index in [1.807, 2.05) is 0 Å². The lowest BCUT2D eigenvalue weighted by Gasteiger charge is -2.05. The molecule has 0 aliphatic carbocycles. The molecular formula is C16H10ClNO6. The third-order valence-electron chi connectivity index (χ3n) is 2.90. The Balaban J connectivity index is 2.10. The zero-order valence-electron chi connectivity index (χ0n) is 12.0. The van der Waals surface area contributed by atoms with Gasteiger partial charge in [0, 0.05) is 23.2 Å². The first-order valence-corrected chi connectivity index (χ1v) is 6.92. The number of hydrogen-bond donors (Lipinski definition) is 1. The third-order valence-corrected chi connectivity index (χ3v) is 3.13. The van der Waals surface area contributed by atoms with Crippen LogP contribution in [-0.4, -0.2) is 22.0 Å². The number of carboxylic acids is 1. The van der Waals surface area contributed by atoms with Crippen molar-refractivity contribution in [3.8, 4) is 5.75 Å². The molecular weight excluding hydrogens is 338 g/mol. The van der Waals surface area contributed by atoms with E-state index in [0.29, 0.717) is 5.56 Å². The fraction of sp³-hybridized carbons (Fsp3) is 0. The predicted octanol–water partition coefficient (Wildman–Crippen LogP) is 3.57. The Morgan fingerprint density at radius 3 is 2.42 bits per heavy atom. The number of carboxylic acid groups (broad SMARTS) is 1. The molecule has 0 spiro atoms. The van der Waals surface area contributed by atoms with Crippen molar-refractivity contribution in [2.45, 2.75) is 0 Å². The van der Waals surface area contributed by atoms with Crippen LogP contribution in [0.2, 0.25) is 5.02 Å². The summed E-state index contributed by atoms with van der Waals surface area (Å²) in [5.74, 6) is -2.21. The number of rotatable bonds is 5. The van der Waals surface area contributed by atoms with Crippen molar-refractivity contribution >= 4 is 35.3 Å². The van der Waals surface area contributed by atoms with Crippen molar-refractivity contribution in [1.29, 1.82) is 0 Å². The van der Waals surface area contributed by atoms with Gasteiger partial charge in [0.1, 0.15) is 11.3 Å². The SMILES string of the molecule is O=C(/C=C/c1ccc([N+](=O)[O-])cc1)Oc1ccc(Cl)cc1C(=O)O. The van der Waals surface area contributed by atoms with Gasteiger partial charge in [-0.25, -0.2) is 9.59 Å². The number of aromatic carboxylic acids is 1. The summed E-state index contributed by atoms with van der Waals surface area (Å²) in [4.78, 5) is 32.9. The Labute approximate surface area is 140 Å².